The number of aromatic nitrogens is 1. The monoisotopic (exact) mass is 590 g/mol. The number of ether oxygens (including phenoxy) is 1. The van der Waals surface area contributed by atoms with Gasteiger partial charge in [-0.3, -0.25) is 5.32 Å². The van der Waals surface area contributed by atoms with E-state index in [0.717, 1.165) is 57.3 Å². The van der Waals surface area contributed by atoms with E-state index in [9.17, 15) is 14.7 Å². The van der Waals surface area contributed by atoms with Crippen LogP contribution >= 0.6 is 0 Å². The number of aryl methyl sites for hydroxylation is 4. The second-order valence-corrected chi connectivity index (χ2v) is 10.2. The number of hydrogen-bond donors (Lipinski definition) is 1. The van der Waals surface area contributed by atoms with Crippen molar-refractivity contribution in [1.82, 2.24) is 5.16 Å². The molecule has 1 heterocycles. The van der Waals surface area contributed by atoms with Gasteiger partial charge in [0.25, 0.3) is 0 Å². The van der Waals surface area contributed by atoms with Crippen molar-refractivity contribution >= 4 is 17.7 Å². The number of carboxylic acid groups (broad SMARTS) is 1. The number of carbonyl (C=O) groups excluding carboxylic acids is 2. The Morgan fingerprint density at radius 3 is 2.19 bits per heavy atom. The second kappa shape index (κ2) is 14.9. The van der Waals surface area contributed by atoms with Gasteiger partial charge in [0.15, 0.2) is 5.76 Å². The van der Waals surface area contributed by atoms with Crippen molar-refractivity contribution in [3.8, 4) is 22.5 Å². The first kappa shape index (κ1) is 34.1. The Kier molecular flexibility index (Phi) is 11.8. The zero-order chi connectivity index (χ0) is 30.4. The number of amides is 1. The van der Waals surface area contributed by atoms with Crippen molar-refractivity contribution in [3.63, 3.8) is 0 Å². The summed E-state index contributed by atoms with van der Waals surface area (Å²) in [4.78, 5) is 24.3. The maximum absolute atomic E-state index is 12.6. The Morgan fingerprint density at radius 1 is 0.930 bits per heavy atom. The van der Waals surface area contributed by atoms with Gasteiger partial charge in [-0.15, -0.1) is 0 Å². The number of anilines is 1. The summed E-state index contributed by atoms with van der Waals surface area (Å²) in [5.41, 5.74) is 8.43. The first-order valence-electron chi connectivity index (χ1n) is 14.8. The van der Waals surface area contributed by atoms with Crippen LogP contribution in [0.25, 0.3) is 22.5 Å². The van der Waals surface area contributed by atoms with Crippen molar-refractivity contribution < 1.29 is 53.5 Å². The molecule has 43 heavy (non-hydrogen) atoms. The summed E-state index contributed by atoms with van der Waals surface area (Å²) in [5, 5.41) is 18.6. The quantitative estimate of drug-likeness (QED) is 0.336. The first-order chi connectivity index (χ1) is 20.4. The molecule has 0 radical (unpaired) electrons. The molecule has 1 fully saturated rings. The fourth-order valence-corrected chi connectivity index (χ4v) is 5.34. The van der Waals surface area contributed by atoms with Crippen LogP contribution in [0.5, 0.6) is 0 Å². The van der Waals surface area contributed by atoms with Crippen LogP contribution in [0.2, 0.25) is 0 Å². The maximum atomic E-state index is 12.6. The number of nitrogens with one attached hydrogen (secondary N) is 1. The van der Waals surface area contributed by atoms with Crippen molar-refractivity contribution in [1.29, 1.82) is 0 Å². The topological polar surface area (TPSA) is 104 Å². The van der Waals surface area contributed by atoms with Crippen molar-refractivity contribution in [2.75, 3.05) is 5.32 Å². The first-order valence-corrected chi connectivity index (χ1v) is 14.8. The molecule has 2 aliphatic rings. The number of nitrogens with zero attached hydrogens (tertiary/aromatic N) is 1. The molecule has 1 amide bonds. The Bertz CT molecular complexity index is 1590. The molecule has 0 saturated heterocycles. The average molecular weight is 591 g/mol. The van der Waals surface area contributed by atoms with Gasteiger partial charge in [-0.25, -0.2) is 4.79 Å². The molecule has 3 aromatic carbocycles. The standard InChI is InChI=1S/C31H28N2O5.2C2H6.Na/c1-18-5-3-4-6-23(18)17-37-30(36)32-27-19(2)33-38-28(27)22-9-11-25-20(15-22)7-8-21-16-24(10-12-26(21)25)31(13-14-31)29(34)35;2*1-2;/h3-6,9-12,15-16H,7-8,13-14,17H2,1-2H3,(H,32,36)(H,34,35);2*1-2H3;/q;;;+1/p-1. The number of carboxylic acids is 1. The summed E-state index contributed by atoms with van der Waals surface area (Å²) in [6.07, 6.45) is 2.33. The molecule has 0 bridgehead atoms. The molecule has 0 atom stereocenters. The van der Waals surface area contributed by atoms with Gasteiger partial charge in [0.05, 0.1) is 5.97 Å². The summed E-state index contributed by atoms with van der Waals surface area (Å²) in [6, 6.07) is 19.8. The zero-order valence-electron chi connectivity index (χ0n) is 26.3. The van der Waals surface area contributed by atoms with E-state index in [1.165, 1.54) is 0 Å². The van der Waals surface area contributed by atoms with Crippen molar-refractivity contribution in [2.45, 2.75) is 79.2 Å². The Balaban J connectivity index is 0.000000973. The molecule has 1 aromatic heterocycles. The zero-order valence-corrected chi connectivity index (χ0v) is 28.3. The van der Waals surface area contributed by atoms with Gasteiger partial charge in [-0.2, -0.15) is 0 Å². The molecule has 6 rings (SSSR count). The second-order valence-electron chi connectivity index (χ2n) is 10.2. The van der Waals surface area contributed by atoms with Crippen LogP contribution in [0.1, 0.15) is 74.0 Å². The van der Waals surface area contributed by atoms with Crippen LogP contribution in [0.4, 0.5) is 10.5 Å². The van der Waals surface area contributed by atoms with Gasteiger partial charge in [-0.05, 0) is 84.5 Å². The molecule has 1 saturated carbocycles. The Labute approximate surface area is 276 Å². The van der Waals surface area contributed by atoms with E-state index < -0.39 is 17.5 Å². The number of hydrogen-bond acceptors (Lipinski definition) is 6. The molecule has 220 valence electrons. The van der Waals surface area contributed by atoms with E-state index in [4.69, 9.17) is 9.26 Å². The van der Waals surface area contributed by atoms with E-state index in [2.05, 4.69) is 16.5 Å². The molecule has 0 unspecified atom stereocenters. The minimum atomic E-state index is -0.982. The molecule has 1 N–H and O–H groups in total. The third-order valence-electron chi connectivity index (χ3n) is 7.83. The molecule has 8 heteroatoms. The number of benzene rings is 3. The summed E-state index contributed by atoms with van der Waals surface area (Å²) in [6.45, 7) is 11.9. The molecular formula is C35H39N2NaO5. The fourth-order valence-electron chi connectivity index (χ4n) is 5.34. The van der Waals surface area contributed by atoms with E-state index in [0.29, 0.717) is 30.0 Å². The van der Waals surface area contributed by atoms with Gasteiger partial charge in [-0.1, -0.05) is 87.4 Å². The molecular weight excluding hydrogens is 551 g/mol. The van der Waals surface area contributed by atoms with E-state index >= 15 is 0 Å². The fraction of sp³-hybridized carbons (Fsp3) is 0.343. The third-order valence-corrected chi connectivity index (χ3v) is 7.83. The van der Waals surface area contributed by atoms with Gasteiger partial charge < -0.3 is 19.2 Å². The van der Waals surface area contributed by atoms with E-state index in [1.807, 2.05) is 89.2 Å². The van der Waals surface area contributed by atoms with Gasteiger partial charge in [0.2, 0.25) is 0 Å². The van der Waals surface area contributed by atoms with Crippen LogP contribution in [0.15, 0.2) is 65.2 Å². The number of aliphatic carboxylic acids is 1. The summed E-state index contributed by atoms with van der Waals surface area (Å²) >= 11 is 0. The number of rotatable bonds is 6. The summed E-state index contributed by atoms with van der Waals surface area (Å²) in [5.74, 6) is -0.506. The van der Waals surface area contributed by atoms with Gasteiger partial charge >= 0.3 is 35.7 Å². The van der Waals surface area contributed by atoms with E-state index in [-0.39, 0.29) is 36.2 Å². The number of carbonyl (C=O) groups is 2. The minimum absolute atomic E-state index is 0. The Hall–Kier alpha value is -3.39. The molecule has 4 aromatic rings. The third kappa shape index (κ3) is 7.06. The van der Waals surface area contributed by atoms with E-state index in [1.54, 1.807) is 6.92 Å². The Morgan fingerprint density at radius 2 is 1.56 bits per heavy atom. The summed E-state index contributed by atoms with van der Waals surface area (Å²) < 4.78 is 11.1. The molecule has 2 aliphatic carbocycles. The normalized spacial score (nSPS) is 13.3. The molecule has 0 aliphatic heterocycles. The predicted molar refractivity (Wildman–Crippen MR) is 163 cm³/mol. The van der Waals surface area contributed by atoms with Crippen LogP contribution in [0, 0.1) is 13.8 Å². The van der Waals surface area contributed by atoms with Crippen LogP contribution in [0.3, 0.4) is 0 Å². The SMILES string of the molecule is CC.CC.Cc1ccccc1COC(=O)Nc1c(C)noc1-c1ccc2c(c1)CCc1cc(C3(C(=O)[O-])CC3)ccc1-2.[Na+]. The van der Waals surface area contributed by atoms with Gasteiger partial charge in [0, 0.05) is 11.0 Å². The predicted octanol–water partition coefficient (Wildman–Crippen LogP) is 4.31. The minimum Gasteiger partial charge on any atom is -0.549 e. The smallest absolute Gasteiger partial charge is 0.549 e. The molecule has 0 spiro atoms. The van der Waals surface area contributed by atoms with Gasteiger partial charge in [0.1, 0.15) is 18.0 Å². The largest absolute Gasteiger partial charge is 1.00 e. The average Bonchev–Trinajstić information content (AvgIpc) is 3.77. The van der Waals surface area contributed by atoms with Crippen molar-refractivity contribution in [3.05, 3.63) is 94.2 Å². The van der Waals surface area contributed by atoms with Crippen molar-refractivity contribution in [2.24, 2.45) is 0 Å². The molecule has 7 nitrogen and oxygen atoms in total. The van der Waals surface area contributed by atoms with Crippen LogP contribution in [-0.4, -0.2) is 17.2 Å². The van der Waals surface area contributed by atoms with Crippen LogP contribution in [-0.2, 0) is 34.4 Å². The number of fused-ring (bicyclic) bond motifs is 3. The van der Waals surface area contributed by atoms with Crippen LogP contribution < -0.4 is 40.0 Å². The summed E-state index contributed by atoms with van der Waals surface area (Å²) in [7, 11) is 0. The maximum Gasteiger partial charge on any atom is 1.00 e.